The van der Waals surface area contributed by atoms with Crippen molar-refractivity contribution in [1.82, 2.24) is 4.98 Å². The Morgan fingerprint density at radius 1 is 1.46 bits per heavy atom. The summed E-state index contributed by atoms with van der Waals surface area (Å²) in [7, 11) is 0. The lowest BCUT2D eigenvalue weighted by Crippen LogP contribution is -2.41. The van der Waals surface area contributed by atoms with Gasteiger partial charge >= 0.3 is 0 Å². The Kier molecular flexibility index (Phi) is 2.34. The van der Waals surface area contributed by atoms with Crippen LogP contribution < -0.4 is 11.3 Å². The zero-order valence-electron chi connectivity index (χ0n) is 7.63. The molecular weight excluding hydrogens is 168 g/mol. The molecule has 0 unspecified atom stereocenters. The minimum Gasteiger partial charge on any atom is -0.328 e. The third-order valence-corrected chi connectivity index (χ3v) is 1.63. The molecule has 1 aromatic rings. The molecule has 0 fully saturated rings. The number of aromatic nitrogens is 1. The van der Waals surface area contributed by atoms with Crippen LogP contribution in [0.25, 0.3) is 0 Å². The predicted octanol–water partition coefficient (Wildman–Crippen LogP) is 0.295. The minimum absolute atomic E-state index is 0.191. The molecular formula is C9H12N2O2. The van der Waals surface area contributed by atoms with Gasteiger partial charge in [0.05, 0.1) is 5.54 Å². The highest BCUT2D eigenvalue weighted by molar-refractivity contribution is 6.02. The van der Waals surface area contributed by atoms with Gasteiger partial charge in [-0.15, -0.1) is 0 Å². The van der Waals surface area contributed by atoms with E-state index in [-0.39, 0.29) is 11.3 Å². The fourth-order valence-corrected chi connectivity index (χ4v) is 0.924. The van der Waals surface area contributed by atoms with E-state index < -0.39 is 5.54 Å². The van der Waals surface area contributed by atoms with Crippen molar-refractivity contribution >= 4 is 5.78 Å². The minimum atomic E-state index is -0.905. The molecule has 1 heterocycles. The summed E-state index contributed by atoms with van der Waals surface area (Å²) < 4.78 is 0. The average Bonchev–Trinajstić information content (AvgIpc) is 2.03. The summed E-state index contributed by atoms with van der Waals surface area (Å²) in [5.41, 5.74) is 4.90. The van der Waals surface area contributed by atoms with Crippen LogP contribution in [0.2, 0.25) is 0 Å². The van der Waals surface area contributed by atoms with Gasteiger partial charge in [-0.05, 0) is 19.9 Å². The number of carbonyl (C=O) groups is 1. The summed E-state index contributed by atoms with van der Waals surface area (Å²) in [4.78, 5) is 24.6. The Bertz CT molecular complexity index is 353. The maximum Gasteiger partial charge on any atom is 0.247 e. The first-order valence-electron chi connectivity index (χ1n) is 3.93. The van der Waals surface area contributed by atoms with Crippen molar-refractivity contribution in [3.05, 3.63) is 34.2 Å². The molecule has 0 aliphatic rings. The molecule has 0 radical (unpaired) electrons. The quantitative estimate of drug-likeness (QED) is 0.642. The van der Waals surface area contributed by atoms with Gasteiger partial charge in [-0.1, -0.05) is 0 Å². The van der Waals surface area contributed by atoms with Gasteiger partial charge in [-0.25, -0.2) is 0 Å². The van der Waals surface area contributed by atoms with Gasteiger partial charge in [-0.3, -0.25) is 9.59 Å². The Balaban J connectivity index is 3.04. The van der Waals surface area contributed by atoms with E-state index in [1.807, 2.05) is 0 Å². The highest BCUT2D eigenvalue weighted by Crippen LogP contribution is 2.07. The number of nitrogens with one attached hydrogen (secondary N) is 1. The van der Waals surface area contributed by atoms with E-state index in [1.165, 1.54) is 18.3 Å². The van der Waals surface area contributed by atoms with Gasteiger partial charge in [0.2, 0.25) is 5.56 Å². The second-order valence-corrected chi connectivity index (χ2v) is 3.49. The van der Waals surface area contributed by atoms with Gasteiger partial charge < -0.3 is 10.7 Å². The van der Waals surface area contributed by atoms with Gasteiger partial charge in [0, 0.05) is 17.8 Å². The number of nitrogens with two attached hydrogens (primary N) is 1. The maximum absolute atomic E-state index is 11.5. The Morgan fingerprint density at radius 3 is 2.46 bits per heavy atom. The highest BCUT2D eigenvalue weighted by Gasteiger charge is 2.23. The fraction of sp³-hybridized carbons (Fsp3) is 0.333. The average molecular weight is 180 g/mol. The van der Waals surface area contributed by atoms with E-state index in [2.05, 4.69) is 4.98 Å². The molecule has 4 nitrogen and oxygen atoms in total. The lowest BCUT2D eigenvalue weighted by atomic mass is 9.96. The molecule has 0 saturated heterocycles. The highest BCUT2D eigenvalue weighted by atomic mass is 16.1. The number of ketones is 1. The van der Waals surface area contributed by atoms with Crippen LogP contribution in [-0.4, -0.2) is 16.3 Å². The molecule has 0 spiro atoms. The number of hydrogen-bond donors (Lipinski definition) is 2. The molecule has 13 heavy (non-hydrogen) atoms. The number of carbonyl (C=O) groups excluding carboxylic acids is 1. The SMILES string of the molecule is CC(C)(N)C(=O)c1ccc(=O)[nH]c1. The van der Waals surface area contributed by atoms with Crippen LogP contribution in [0.1, 0.15) is 24.2 Å². The Morgan fingerprint density at radius 2 is 2.08 bits per heavy atom. The van der Waals surface area contributed by atoms with E-state index in [1.54, 1.807) is 13.8 Å². The number of hydrogen-bond acceptors (Lipinski definition) is 3. The van der Waals surface area contributed by atoms with Gasteiger partial charge in [0.25, 0.3) is 0 Å². The van der Waals surface area contributed by atoms with Crippen LogP contribution in [0.4, 0.5) is 0 Å². The number of pyridine rings is 1. The summed E-state index contributed by atoms with van der Waals surface area (Å²) in [5.74, 6) is -0.191. The topological polar surface area (TPSA) is 76.0 Å². The molecule has 3 N–H and O–H groups in total. The third-order valence-electron chi connectivity index (χ3n) is 1.63. The summed E-state index contributed by atoms with van der Waals surface area (Å²) in [6, 6.07) is 2.77. The summed E-state index contributed by atoms with van der Waals surface area (Å²) in [6.07, 6.45) is 1.37. The van der Waals surface area contributed by atoms with Crippen molar-refractivity contribution in [1.29, 1.82) is 0 Å². The zero-order valence-corrected chi connectivity index (χ0v) is 7.63. The summed E-state index contributed by atoms with van der Waals surface area (Å²) >= 11 is 0. The molecule has 0 bridgehead atoms. The van der Waals surface area contributed by atoms with Crippen LogP contribution in [0, 0.1) is 0 Å². The van der Waals surface area contributed by atoms with Gasteiger partial charge in [0.1, 0.15) is 0 Å². The second-order valence-electron chi connectivity index (χ2n) is 3.49. The summed E-state index contributed by atoms with van der Waals surface area (Å²) in [6.45, 7) is 3.25. The van der Waals surface area contributed by atoms with Gasteiger partial charge in [0.15, 0.2) is 5.78 Å². The molecule has 0 aliphatic heterocycles. The molecule has 0 saturated carbocycles. The van der Waals surface area contributed by atoms with Crippen molar-refractivity contribution in [3.8, 4) is 0 Å². The number of aromatic amines is 1. The molecule has 1 rings (SSSR count). The normalized spacial score (nSPS) is 11.3. The summed E-state index contributed by atoms with van der Waals surface area (Å²) in [5, 5.41) is 0. The number of rotatable bonds is 2. The first-order valence-corrected chi connectivity index (χ1v) is 3.93. The molecule has 1 aromatic heterocycles. The van der Waals surface area contributed by atoms with Crippen LogP contribution in [0.15, 0.2) is 23.1 Å². The number of Topliss-reactive ketones (excluding diaryl/α,β-unsaturated/α-hetero) is 1. The molecule has 4 heteroatoms. The van der Waals surface area contributed by atoms with Crippen LogP contribution in [-0.2, 0) is 0 Å². The maximum atomic E-state index is 11.5. The van der Waals surface area contributed by atoms with Crippen molar-refractivity contribution in [3.63, 3.8) is 0 Å². The second kappa shape index (κ2) is 3.14. The fourth-order valence-electron chi connectivity index (χ4n) is 0.924. The third kappa shape index (κ3) is 2.26. The molecule has 0 amide bonds. The molecule has 0 atom stereocenters. The van der Waals surface area contributed by atoms with E-state index in [0.29, 0.717) is 5.56 Å². The van der Waals surface area contributed by atoms with Crippen molar-refractivity contribution in [2.45, 2.75) is 19.4 Å². The van der Waals surface area contributed by atoms with E-state index in [9.17, 15) is 9.59 Å². The van der Waals surface area contributed by atoms with E-state index in [4.69, 9.17) is 5.73 Å². The number of H-pyrrole nitrogens is 1. The Labute approximate surface area is 75.8 Å². The lowest BCUT2D eigenvalue weighted by molar-refractivity contribution is 0.0913. The lowest BCUT2D eigenvalue weighted by Gasteiger charge is -2.16. The van der Waals surface area contributed by atoms with E-state index in [0.717, 1.165) is 0 Å². The molecule has 70 valence electrons. The molecule has 0 aliphatic carbocycles. The van der Waals surface area contributed by atoms with Crippen molar-refractivity contribution in [2.24, 2.45) is 5.73 Å². The van der Waals surface area contributed by atoms with Crippen molar-refractivity contribution in [2.75, 3.05) is 0 Å². The van der Waals surface area contributed by atoms with Crippen molar-refractivity contribution < 1.29 is 4.79 Å². The molecule has 0 aromatic carbocycles. The largest absolute Gasteiger partial charge is 0.328 e. The zero-order chi connectivity index (χ0) is 10.1. The first kappa shape index (κ1) is 9.67. The van der Waals surface area contributed by atoms with E-state index >= 15 is 0 Å². The smallest absolute Gasteiger partial charge is 0.247 e. The van der Waals surface area contributed by atoms with Crippen LogP contribution >= 0.6 is 0 Å². The Hall–Kier alpha value is -1.42. The van der Waals surface area contributed by atoms with Crippen LogP contribution in [0.3, 0.4) is 0 Å². The first-order chi connectivity index (χ1) is 5.91. The predicted molar refractivity (Wildman–Crippen MR) is 49.7 cm³/mol. The van der Waals surface area contributed by atoms with Crippen LogP contribution in [0.5, 0.6) is 0 Å². The monoisotopic (exact) mass is 180 g/mol. The standard InChI is InChI=1S/C9H12N2O2/c1-9(2,10)8(13)6-3-4-7(12)11-5-6/h3-5H,10H2,1-2H3,(H,11,12). The van der Waals surface area contributed by atoms with Gasteiger partial charge in [-0.2, -0.15) is 0 Å².